The largest absolute Gasteiger partial charge is 0.465 e. The third kappa shape index (κ3) is 5.77. The number of likely N-dealkylation sites (N-methyl/N-ethyl adjacent to an activating group) is 1. The van der Waals surface area contributed by atoms with Gasteiger partial charge in [0.05, 0.1) is 6.61 Å². The average molecular weight is 285 g/mol. The first kappa shape index (κ1) is 17.4. The summed E-state index contributed by atoms with van der Waals surface area (Å²) in [6.07, 6.45) is 1.15. The first-order chi connectivity index (χ1) is 9.43. The molecule has 0 aromatic rings. The molecule has 0 aromatic heterocycles. The lowest BCUT2D eigenvalue weighted by molar-refractivity contribution is -0.146. The maximum absolute atomic E-state index is 12.1. The fourth-order valence-electron chi connectivity index (χ4n) is 2.77. The van der Waals surface area contributed by atoms with E-state index in [0.29, 0.717) is 12.6 Å². The highest BCUT2D eigenvalue weighted by Gasteiger charge is 2.27. The van der Waals surface area contributed by atoms with Crippen LogP contribution in [0.4, 0.5) is 0 Å². The summed E-state index contributed by atoms with van der Waals surface area (Å²) in [5, 5.41) is 3.33. The Morgan fingerprint density at radius 1 is 1.40 bits per heavy atom. The van der Waals surface area contributed by atoms with E-state index in [0.717, 1.165) is 32.6 Å². The molecule has 0 amide bonds. The van der Waals surface area contributed by atoms with Gasteiger partial charge in [0.2, 0.25) is 0 Å². The van der Waals surface area contributed by atoms with Crippen molar-refractivity contribution in [3.63, 3.8) is 0 Å². The zero-order chi connectivity index (χ0) is 15.1. The van der Waals surface area contributed by atoms with Crippen molar-refractivity contribution < 1.29 is 9.53 Å². The van der Waals surface area contributed by atoms with Gasteiger partial charge in [-0.2, -0.15) is 0 Å². The van der Waals surface area contributed by atoms with Gasteiger partial charge in [-0.05, 0) is 40.4 Å². The van der Waals surface area contributed by atoms with Crippen LogP contribution in [0.25, 0.3) is 0 Å². The van der Waals surface area contributed by atoms with Crippen molar-refractivity contribution in [2.24, 2.45) is 0 Å². The second-order valence-corrected chi connectivity index (χ2v) is 6.09. The Morgan fingerprint density at radius 3 is 2.70 bits per heavy atom. The molecule has 2 atom stereocenters. The zero-order valence-corrected chi connectivity index (χ0v) is 13.7. The maximum atomic E-state index is 12.1. The van der Waals surface area contributed by atoms with Crippen molar-refractivity contribution in [1.82, 2.24) is 15.1 Å². The Labute approximate surface area is 123 Å². The Bertz CT molecular complexity index is 297. The molecule has 1 rings (SSSR count). The second-order valence-electron chi connectivity index (χ2n) is 6.09. The molecule has 0 aliphatic carbocycles. The molecule has 0 bridgehead atoms. The summed E-state index contributed by atoms with van der Waals surface area (Å²) in [7, 11) is 2.16. The monoisotopic (exact) mass is 285 g/mol. The number of ether oxygens (including phenoxy) is 1. The summed E-state index contributed by atoms with van der Waals surface area (Å²) < 4.78 is 5.20. The second kappa shape index (κ2) is 8.60. The van der Waals surface area contributed by atoms with Crippen LogP contribution < -0.4 is 5.32 Å². The Balaban J connectivity index is 2.64. The topological polar surface area (TPSA) is 44.8 Å². The minimum absolute atomic E-state index is 0.133. The van der Waals surface area contributed by atoms with Crippen LogP contribution >= 0.6 is 0 Å². The van der Waals surface area contributed by atoms with Crippen LogP contribution in [0, 0.1) is 0 Å². The summed E-state index contributed by atoms with van der Waals surface area (Å²) in [6.45, 7) is 12.6. The number of nitrogens with zero attached hydrogens (tertiary/aromatic N) is 2. The summed E-state index contributed by atoms with van der Waals surface area (Å²) in [4.78, 5) is 16.9. The predicted molar refractivity (Wildman–Crippen MR) is 81.8 cm³/mol. The number of carbonyl (C=O) groups excluding carboxylic acids is 1. The van der Waals surface area contributed by atoms with Crippen LogP contribution in [-0.2, 0) is 9.53 Å². The van der Waals surface area contributed by atoms with E-state index in [9.17, 15) is 4.79 Å². The number of hydrogen-bond donors (Lipinski definition) is 1. The van der Waals surface area contributed by atoms with Crippen LogP contribution in [0.3, 0.4) is 0 Å². The van der Waals surface area contributed by atoms with Crippen LogP contribution in [0.15, 0.2) is 0 Å². The van der Waals surface area contributed by atoms with E-state index in [2.05, 4.69) is 42.9 Å². The molecule has 0 saturated carbocycles. The lowest BCUT2D eigenvalue weighted by Crippen LogP contribution is -2.52. The van der Waals surface area contributed by atoms with E-state index in [-0.39, 0.29) is 18.1 Å². The van der Waals surface area contributed by atoms with E-state index in [4.69, 9.17) is 4.74 Å². The van der Waals surface area contributed by atoms with E-state index < -0.39 is 0 Å². The highest BCUT2D eigenvalue weighted by molar-refractivity contribution is 5.76. The van der Waals surface area contributed by atoms with Crippen LogP contribution in [-0.4, -0.2) is 73.7 Å². The molecule has 20 heavy (non-hydrogen) atoms. The molecule has 1 N–H and O–H groups in total. The summed E-state index contributed by atoms with van der Waals surface area (Å²) in [5.74, 6) is -0.133. The third-order valence-corrected chi connectivity index (χ3v) is 3.71. The van der Waals surface area contributed by atoms with Gasteiger partial charge in [-0.15, -0.1) is 0 Å². The predicted octanol–water partition coefficient (Wildman–Crippen LogP) is 0.942. The quantitative estimate of drug-likeness (QED) is 0.736. The van der Waals surface area contributed by atoms with Gasteiger partial charge >= 0.3 is 5.97 Å². The van der Waals surface area contributed by atoms with Gasteiger partial charge in [0.1, 0.15) is 6.04 Å². The molecule has 1 aliphatic rings. The first-order valence-corrected chi connectivity index (χ1v) is 7.79. The minimum atomic E-state index is -0.235. The molecule has 5 heteroatoms. The highest BCUT2D eigenvalue weighted by atomic mass is 16.5. The number of carbonyl (C=O) groups is 1. The fourth-order valence-corrected chi connectivity index (χ4v) is 2.77. The molecule has 5 nitrogen and oxygen atoms in total. The molecular weight excluding hydrogens is 254 g/mol. The van der Waals surface area contributed by atoms with Crippen molar-refractivity contribution >= 4 is 5.97 Å². The van der Waals surface area contributed by atoms with Gasteiger partial charge < -0.3 is 15.0 Å². The molecule has 1 saturated heterocycles. The Kier molecular flexibility index (Phi) is 7.48. The molecule has 2 unspecified atom stereocenters. The van der Waals surface area contributed by atoms with Gasteiger partial charge in [0.25, 0.3) is 0 Å². The van der Waals surface area contributed by atoms with Crippen molar-refractivity contribution in [2.75, 3.05) is 39.8 Å². The SMILES string of the molecule is CCOC(=O)C(CN1CCCN(C)CC1C)NC(C)C. The number of nitrogens with one attached hydrogen (secondary N) is 1. The normalized spacial score (nSPS) is 23.6. The molecule has 1 fully saturated rings. The van der Waals surface area contributed by atoms with Crippen LogP contribution in [0.5, 0.6) is 0 Å². The zero-order valence-electron chi connectivity index (χ0n) is 13.7. The van der Waals surface area contributed by atoms with Crippen molar-refractivity contribution in [2.45, 2.75) is 52.2 Å². The maximum Gasteiger partial charge on any atom is 0.324 e. The van der Waals surface area contributed by atoms with E-state index in [1.165, 1.54) is 0 Å². The molecule has 0 radical (unpaired) electrons. The highest BCUT2D eigenvalue weighted by Crippen LogP contribution is 2.10. The number of rotatable bonds is 6. The smallest absolute Gasteiger partial charge is 0.324 e. The molecule has 1 aliphatic heterocycles. The Hall–Kier alpha value is -0.650. The van der Waals surface area contributed by atoms with Crippen molar-refractivity contribution in [3.8, 4) is 0 Å². The molecule has 0 aromatic carbocycles. The minimum Gasteiger partial charge on any atom is -0.465 e. The van der Waals surface area contributed by atoms with E-state index in [1.807, 2.05) is 6.92 Å². The van der Waals surface area contributed by atoms with Gasteiger partial charge in [0.15, 0.2) is 0 Å². The van der Waals surface area contributed by atoms with Crippen LogP contribution in [0.1, 0.15) is 34.1 Å². The number of esters is 1. The lowest BCUT2D eigenvalue weighted by Gasteiger charge is -2.31. The average Bonchev–Trinajstić information content (AvgIpc) is 2.50. The summed E-state index contributed by atoms with van der Waals surface area (Å²) >= 11 is 0. The lowest BCUT2D eigenvalue weighted by atomic mass is 10.2. The standard InChI is InChI=1S/C15H31N3O2/c1-6-20-15(19)14(16-12(2)3)11-18-9-7-8-17(5)10-13(18)4/h12-14,16H,6-11H2,1-5H3. The van der Waals surface area contributed by atoms with Gasteiger partial charge in [0, 0.05) is 25.2 Å². The fraction of sp³-hybridized carbons (Fsp3) is 0.933. The molecular formula is C15H31N3O2. The van der Waals surface area contributed by atoms with Gasteiger partial charge in [-0.1, -0.05) is 13.8 Å². The number of hydrogen-bond acceptors (Lipinski definition) is 5. The molecule has 0 spiro atoms. The Morgan fingerprint density at radius 2 is 2.10 bits per heavy atom. The van der Waals surface area contributed by atoms with Gasteiger partial charge in [-0.25, -0.2) is 0 Å². The van der Waals surface area contributed by atoms with E-state index in [1.54, 1.807) is 0 Å². The van der Waals surface area contributed by atoms with E-state index >= 15 is 0 Å². The molecule has 1 heterocycles. The molecule has 118 valence electrons. The third-order valence-electron chi connectivity index (χ3n) is 3.71. The van der Waals surface area contributed by atoms with Crippen LogP contribution in [0.2, 0.25) is 0 Å². The summed E-state index contributed by atoms with van der Waals surface area (Å²) in [5.41, 5.74) is 0. The first-order valence-electron chi connectivity index (χ1n) is 7.79. The van der Waals surface area contributed by atoms with Crippen molar-refractivity contribution in [3.05, 3.63) is 0 Å². The van der Waals surface area contributed by atoms with Gasteiger partial charge in [-0.3, -0.25) is 9.69 Å². The van der Waals surface area contributed by atoms with Crippen molar-refractivity contribution in [1.29, 1.82) is 0 Å². The summed E-state index contributed by atoms with van der Waals surface area (Å²) in [6, 6.07) is 0.503.